The summed E-state index contributed by atoms with van der Waals surface area (Å²) >= 11 is 4.90. The third kappa shape index (κ3) is 4.26. The SMILES string of the molecule is CCn1c(SCC(=O)NC2(c3ccc(Br)cc3)CC2)nnc1-c1ccccc1C. The number of carbonyl (C=O) groups is 1. The van der Waals surface area contributed by atoms with Gasteiger partial charge < -0.3 is 9.88 Å². The van der Waals surface area contributed by atoms with Crippen molar-refractivity contribution in [3.05, 3.63) is 64.1 Å². The van der Waals surface area contributed by atoms with Crippen molar-refractivity contribution in [1.29, 1.82) is 0 Å². The molecule has 1 aromatic heterocycles. The number of nitrogens with one attached hydrogen (secondary N) is 1. The summed E-state index contributed by atoms with van der Waals surface area (Å²) < 4.78 is 3.12. The first-order valence-electron chi connectivity index (χ1n) is 9.71. The Bertz CT molecular complexity index is 1030. The summed E-state index contributed by atoms with van der Waals surface area (Å²) in [5.41, 5.74) is 3.19. The number of nitrogens with zero attached hydrogens (tertiary/aromatic N) is 3. The smallest absolute Gasteiger partial charge is 0.231 e. The van der Waals surface area contributed by atoms with Gasteiger partial charge in [0.05, 0.1) is 11.3 Å². The van der Waals surface area contributed by atoms with Crippen LogP contribution in [-0.4, -0.2) is 26.4 Å². The monoisotopic (exact) mass is 470 g/mol. The van der Waals surface area contributed by atoms with Gasteiger partial charge in [-0.3, -0.25) is 4.79 Å². The van der Waals surface area contributed by atoms with E-state index in [4.69, 9.17) is 0 Å². The summed E-state index contributed by atoms with van der Waals surface area (Å²) in [6.45, 7) is 4.90. The molecule has 1 aliphatic rings. The van der Waals surface area contributed by atoms with Crippen molar-refractivity contribution in [2.45, 2.75) is 43.9 Å². The molecule has 150 valence electrons. The summed E-state index contributed by atoms with van der Waals surface area (Å²) in [5.74, 6) is 1.20. The van der Waals surface area contributed by atoms with Gasteiger partial charge in [-0.25, -0.2) is 0 Å². The van der Waals surface area contributed by atoms with Crippen LogP contribution in [0.2, 0.25) is 0 Å². The third-order valence-corrected chi connectivity index (χ3v) is 6.77. The van der Waals surface area contributed by atoms with Crippen LogP contribution in [0, 0.1) is 6.92 Å². The Morgan fingerprint density at radius 3 is 2.55 bits per heavy atom. The first kappa shape index (κ1) is 20.2. The highest BCUT2D eigenvalue weighted by Crippen LogP contribution is 2.45. The van der Waals surface area contributed by atoms with E-state index in [2.05, 4.69) is 74.1 Å². The zero-order chi connectivity index (χ0) is 20.4. The number of thioether (sulfide) groups is 1. The fraction of sp³-hybridized carbons (Fsp3) is 0.318. The topological polar surface area (TPSA) is 59.8 Å². The van der Waals surface area contributed by atoms with E-state index in [9.17, 15) is 4.79 Å². The van der Waals surface area contributed by atoms with Crippen molar-refractivity contribution >= 4 is 33.6 Å². The lowest BCUT2D eigenvalue weighted by Crippen LogP contribution is -2.36. The van der Waals surface area contributed by atoms with Crippen LogP contribution in [0.5, 0.6) is 0 Å². The molecule has 1 heterocycles. The van der Waals surface area contributed by atoms with E-state index < -0.39 is 0 Å². The standard InChI is InChI=1S/C22H23BrN4OS/c1-3-27-20(18-7-5-4-6-15(18)2)25-26-21(27)29-14-19(28)24-22(12-13-22)16-8-10-17(23)11-9-16/h4-11H,3,12-14H2,1-2H3,(H,24,28). The van der Waals surface area contributed by atoms with E-state index in [-0.39, 0.29) is 11.4 Å². The molecule has 1 amide bonds. The molecule has 0 atom stereocenters. The van der Waals surface area contributed by atoms with Crippen molar-refractivity contribution < 1.29 is 4.79 Å². The minimum Gasteiger partial charge on any atom is -0.346 e. The second-order valence-corrected chi connectivity index (χ2v) is 9.15. The fourth-order valence-corrected chi connectivity index (χ4v) is 4.58. The molecule has 2 aromatic carbocycles. The Morgan fingerprint density at radius 2 is 1.90 bits per heavy atom. The number of aryl methyl sites for hydroxylation is 1. The molecule has 0 unspecified atom stereocenters. The Hall–Kier alpha value is -2.12. The first-order valence-corrected chi connectivity index (χ1v) is 11.5. The molecule has 5 nitrogen and oxygen atoms in total. The molecule has 0 spiro atoms. The van der Waals surface area contributed by atoms with Crippen molar-refractivity contribution in [2.75, 3.05) is 5.75 Å². The van der Waals surface area contributed by atoms with E-state index in [0.717, 1.165) is 51.5 Å². The van der Waals surface area contributed by atoms with Crippen LogP contribution in [0.3, 0.4) is 0 Å². The molecule has 4 rings (SSSR count). The molecule has 1 fully saturated rings. The van der Waals surface area contributed by atoms with Gasteiger partial charge in [0.2, 0.25) is 5.91 Å². The summed E-state index contributed by atoms with van der Waals surface area (Å²) in [6, 6.07) is 16.3. The maximum atomic E-state index is 12.6. The maximum absolute atomic E-state index is 12.6. The molecule has 0 saturated heterocycles. The molecular formula is C22H23BrN4OS. The minimum atomic E-state index is -0.205. The quantitative estimate of drug-likeness (QED) is 0.497. The molecule has 0 bridgehead atoms. The van der Waals surface area contributed by atoms with Crippen LogP contribution in [0.1, 0.15) is 30.9 Å². The number of carbonyl (C=O) groups excluding carboxylic acids is 1. The summed E-state index contributed by atoms with van der Waals surface area (Å²) in [5, 5.41) is 12.7. The van der Waals surface area contributed by atoms with E-state index in [1.807, 2.05) is 24.3 Å². The van der Waals surface area contributed by atoms with Crippen LogP contribution >= 0.6 is 27.7 Å². The van der Waals surface area contributed by atoms with Crippen molar-refractivity contribution in [1.82, 2.24) is 20.1 Å². The fourth-order valence-electron chi connectivity index (χ4n) is 3.52. The van der Waals surface area contributed by atoms with Crippen LogP contribution < -0.4 is 5.32 Å². The van der Waals surface area contributed by atoms with Gasteiger partial charge in [0.15, 0.2) is 11.0 Å². The van der Waals surface area contributed by atoms with E-state index in [0.29, 0.717) is 5.75 Å². The average molecular weight is 471 g/mol. The number of rotatable bonds is 7. The number of benzene rings is 2. The maximum Gasteiger partial charge on any atom is 0.231 e. The molecule has 0 radical (unpaired) electrons. The molecule has 1 aliphatic carbocycles. The van der Waals surface area contributed by atoms with Crippen molar-refractivity contribution in [2.24, 2.45) is 0 Å². The predicted molar refractivity (Wildman–Crippen MR) is 120 cm³/mol. The minimum absolute atomic E-state index is 0.0264. The van der Waals surface area contributed by atoms with Gasteiger partial charge in [-0.2, -0.15) is 0 Å². The van der Waals surface area contributed by atoms with Crippen LogP contribution in [0.15, 0.2) is 58.2 Å². The zero-order valence-corrected chi connectivity index (χ0v) is 18.9. The molecule has 1 N–H and O–H groups in total. The zero-order valence-electron chi connectivity index (χ0n) is 16.5. The van der Waals surface area contributed by atoms with Gasteiger partial charge in [0.25, 0.3) is 0 Å². The van der Waals surface area contributed by atoms with Gasteiger partial charge in [-0.1, -0.05) is 64.1 Å². The highest BCUT2D eigenvalue weighted by atomic mass is 79.9. The van der Waals surface area contributed by atoms with E-state index >= 15 is 0 Å². The van der Waals surface area contributed by atoms with Crippen LogP contribution in [-0.2, 0) is 16.9 Å². The third-order valence-electron chi connectivity index (χ3n) is 5.28. The molecule has 29 heavy (non-hydrogen) atoms. The summed E-state index contributed by atoms with van der Waals surface area (Å²) in [4.78, 5) is 12.6. The lowest BCUT2D eigenvalue weighted by molar-refractivity contribution is -0.119. The van der Waals surface area contributed by atoms with Gasteiger partial charge >= 0.3 is 0 Å². The van der Waals surface area contributed by atoms with Crippen LogP contribution in [0.25, 0.3) is 11.4 Å². The molecule has 1 saturated carbocycles. The highest BCUT2D eigenvalue weighted by molar-refractivity contribution is 9.10. The highest BCUT2D eigenvalue weighted by Gasteiger charge is 2.45. The number of amides is 1. The van der Waals surface area contributed by atoms with E-state index in [1.54, 1.807) is 0 Å². The van der Waals surface area contributed by atoms with Gasteiger partial charge in [0, 0.05) is 16.6 Å². The van der Waals surface area contributed by atoms with Gasteiger partial charge in [-0.15, -0.1) is 10.2 Å². The Labute approximate surface area is 183 Å². The molecule has 3 aromatic rings. The average Bonchev–Trinajstić information content (AvgIpc) is 3.37. The van der Waals surface area contributed by atoms with Crippen molar-refractivity contribution in [3.8, 4) is 11.4 Å². The first-order chi connectivity index (χ1) is 14.0. The van der Waals surface area contributed by atoms with E-state index in [1.165, 1.54) is 11.8 Å². The lowest BCUT2D eigenvalue weighted by atomic mass is 10.1. The Morgan fingerprint density at radius 1 is 1.17 bits per heavy atom. The number of hydrogen-bond donors (Lipinski definition) is 1. The molecular weight excluding hydrogens is 448 g/mol. The number of halogens is 1. The second-order valence-electron chi connectivity index (χ2n) is 7.29. The molecule has 7 heteroatoms. The Kier molecular flexibility index (Phi) is 5.79. The van der Waals surface area contributed by atoms with Gasteiger partial charge in [-0.05, 0) is 49.9 Å². The second kappa shape index (κ2) is 8.32. The van der Waals surface area contributed by atoms with Crippen LogP contribution in [0.4, 0.5) is 0 Å². The predicted octanol–water partition coefficient (Wildman–Crippen LogP) is 4.93. The van der Waals surface area contributed by atoms with Crippen molar-refractivity contribution in [3.63, 3.8) is 0 Å². The number of aromatic nitrogens is 3. The number of hydrogen-bond acceptors (Lipinski definition) is 4. The summed E-state index contributed by atoms with van der Waals surface area (Å²) in [6.07, 6.45) is 1.96. The largest absolute Gasteiger partial charge is 0.346 e. The normalized spacial score (nSPS) is 14.6. The molecule has 0 aliphatic heterocycles. The summed E-state index contributed by atoms with van der Waals surface area (Å²) in [7, 11) is 0. The lowest BCUT2D eigenvalue weighted by Gasteiger charge is -2.18. The Balaban J connectivity index is 1.44. The van der Waals surface area contributed by atoms with Gasteiger partial charge in [0.1, 0.15) is 0 Å².